The zero-order chi connectivity index (χ0) is 14.8. The number of anilines is 1. The van der Waals surface area contributed by atoms with Crippen LogP contribution in [0.25, 0.3) is 0 Å². The van der Waals surface area contributed by atoms with Crippen molar-refractivity contribution in [2.45, 2.75) is 44.4 Å². The normalized spacial score (nSPS) is 23.7. The van der Waals surface area contributed by atoms with Gasteiger partial charge in [-0.1, -0.05) is 19.8 Å². The van der Waals surface area contributed by atoms with Gasteiger partial charge in [-0.15, -0.1) is 0 Å². The van der Waals surface area contributed by atoms with Gasteiger partial charge in [-0.2, -0.15) is 0 Å². The van der Waals surface area contributed by atoms with E-state index < -0.39 is 10.0 Å². The van der Waals surface area contributed by atoms with Gasteiger partial charge in [0.1, 0.15) is 0 Å². The lowest BCUT2D eigenvalue weighted by molar-refractivity contribution is 0.283. The van der Waals surface area contributed by atoms with Gasteiger partial charge in [0.05, 0.1) is 4.90 Å². The smallest absolute Gasteiger partial charge is 0.240 e. The van der Waals surface area contributed by atoms with Crippen molar-refractivity contribution in [3.8, 4) is 0 Å². The zero-order valence-corrected chi connectivity index (χ0v) is 13.0. The van der Waals surface area contributed by atoms with Crippen LogP contribution in [0.5, 0.6) is 0 Å². The van der Waals surface area contributed by atoms with E-state index in [1.54, 1.807) is 18.2 Å². The summed E-state index contributed by atoms with van der Waals surface area (Å²) in [4.78, 5) is 0.299. The van der Waals surface area contributed by atoms with Crippen LogP contribution in [0.4, 0.5) is 5.69 Å². The highest BCUT2D eigenvalue weighted by atomic mass is 32.2. The number of nitrogens with one attached hydrogen (secondary N) is 1. The van der Waals surface area contributed by atoms with Crippen LogP contribution in [0, 0.1) is 18.8 Å². The fourth-order valence-corrected chi connectivity index (χ4v) is 4.07. The molecule has 2 atom stereocenters. The molecule has 112 valence electrons. The lowest BCUT2D eigenvalue weighted by Gasteiger charge is -2.26. The molecule has 0 spiro atoms. The fraction of sp³-hybridized carbons (Fsp3) is 0.600. The van der Waals surface area contributed by atoms with E-state index in [2.05, 4.69) is 11.6 Å². The van der Waals surface area contributed by atoms with Crippen molar-refractivity contribution < 1.29 is 8.42 Å². The summed E-state index contributed by atoms with van der Waals surface area (Å²) in [7, 11) is -3.42. The number of hydrogen-bond acceptors (Lipinski definition) is 3. The molecule has 1 aromatic carbocycles. The van der Waals surface area contributed by atoms with E-state index in [1.807, 2.05) is 6.92 Å². The summed E-state index contributed by atoms with van der Waals surface area (Å²) < 4.78 is 27.3. The Morgan fingerprint density at radius 1 is 1.35 bits per heavy atom. The maximum Gasteiger partial charge on any atom is 0.240 e. The molecule has 2 rings (SSSR count). The van der Waals surface area contributed by atoms with E-state index in [4.69, 9.17) is 5.73 Å². The Morgan fingerprint density at radius 3 is 2.75 bits per heavy atom. The molecule has 4 nitrogen and oxygen atoms in total. The Bertz CT molecular complexity index is 569. The highest BCUT2D eigenvalue weighted by Crippen LogP contribution is 2.28. The van der Waals surface area contributed by atoms with Crippen LogP contribution in [-0.2, 0) is 10.0 Å². The molecule has 0 amide bonds. The van der Waals surface area contributed by atoms with E-state index in [0.717, 1.165) is 18.4 Å². The average Bonchev–Trinajstić information content (AvgIpc) is 2.40. The molecular weight excluding hydrogens is 272 g/mol. The molecule has 1 aromatic rings. The Balaban J connectivity index is 2.01. The number of aryl methyl sites for hydroxylation is 1. The Hall–Kier alpha value is -1.07. The average molecular weight is 296 g/mol. The van der Waals surface area contributed by atoms with Gasteiger partial charge < -0.3 is 5.73 Å². The van der Waals surface area contributed by atoms with Gasteiger partial charge >= 0.3 is 0 Å². The van der Waals surface area contributed by atoms with Crippen LogP contribution in [0.1, 0.15) is 38.2 Å². The van der Waals surface area contributed by atoms with Gasteiger partial charge in [0.2, 0.25) is 10.0 Å². The topological polar surface area (TPSA) is 72.2 Å². The molecule has 0 aliphatic heterocycles. The number of nitrogens with two attached hydrogens (primary N) is 1. The van der Waals surface area contributed by atoms with E-state index in [0.29, 0.717) is 29.0 Å². The molecule has 1 aliphatic rings. The lowest BCUT2D eigenvalue weighted by Crippen LogP contribution is -2.31. The summed E-state index contributed by atoms with van der Waals surface area (Å²) >= 11 is 0. The third kappa shape index (κ3) is 3.73. The molecule has 2 unspecified atom stereocenters. The highest BCUT2D eigenvalue weighted by Gasteiger charge is 2.22. The Morgan fingerprint density at radius 2 is 2.10 bits per heavy atom. The zero-order valence-electron chi connectivity index (χ0n) is 12.2. The quantitative estimate of drug-likeness (QED) is 0.839. The summed E-state index contributed by atoms with van der Waals surface area (Å²) in [6.07, 6.45) is 4.70. The highest BCUT2D eigenvalue weighted by molar-refractivity contribution is 7.89. The molecular formula is C15H24N2O2S. The maximum absolute atomic E-state index is 12.3. The van der Waals surface area contributed by atoms with E-state index in [-0.39, 0.29) is 0 Å². The molecule has 0 bridgehead atoms. The third-order valence-electron chi connectivity index (χ3n) is 4.16. The van der Waals surface area contributed by atoms with Crippen LogP contribution in [0.15, 0.2) is 23.1 Å². The van der Waals surface area contributed by atoms with Crippen molar-refractivity contribution in [1.82, 2.24) is 4.72 Å². The summed E-state index contributed by atoms with van der Waals surface area (Å²) in [5.74, 6) is 1.17. The molecule has 0 aromatic heterocycles. The molecule has 0 heterocycles. The minimum atomic E-state index is -3.42. The summed E-state index contributed by atoms with van der Waals surface area (Å²) in [6.45, 7) is 4.59. The molecule has 5 heteroatoms. The Labute approximate surface area is 121 Å². The lowest BCUT2D eigenvalue weighted by atomic mass is 9.83. The standard InChI is InChI=1S/C15H24N2O2S/c1-11-4-3-5-13(8-11)10-17-20(18,19)14-6-7-15(16)12(2)9-14/h6-7,9,11,13,17H,3-5,8,10,16H2,1-2H3. The van der Waals surface area contributed by atoms with Gasteiger partial charge in [0.25, 0.3) is 0 Å². The van der Waals surface area contributed by atoms with Gasteiger partial charge in [0, 0.05) is 12.2 Å². The molecule has 1 saturated carbocycles. The van der Waals surface area contributed by atoms with Crippen molar-refractivity contribution in [3.63, 3.8) is 0 Å². The summed E-state index contributed by atoms with van der Waals surface area (Å²) in [5, 5.41) is 0. The number of benzene rings is 1. The van der Waals surface area contributed by atoms with Crippen molar-refractivity contribution in [2.75, 3.05) is 12.3 Å². The maximum atomic E-state index is 12.3. The van der Waals surface area contributed by atoms with E-state index in [1.165, 1.54) is 12.8 Å². The SMILES string of the molecule is Cc1cc(S(=O)(=O)NCC2CCCC(C)C2)ccc1N. The fourth-order valence-electron chi connectivity index (χ4n) is 2.87. The monoisotopic (exact) mass is 296 g/mol. The third-order valence-corrected chi connectivity index (χ3v) is 5.58. The predicted octanol–water partition coefficient (Wildman–Crippen LogP) is 2.68. The first-order valence-electron chi connectivity index (χ1n) is 7.24. The number of nitrogen functional groups attached to an aromatic ring is 1. The molecule has 3 N–H and O–H groups in total. The van der Waals surface area contributed by atoms with Crippen molar-refractivity contribution in [2.24, 2.45) is 11.8 Å². The van der Waals surface area contributed by atoms with Gasteiger partial charge in [0.15, 0.2) is 0 Å². The first kappa shape index (κ1) is 15.3. The Kier molecular flexibility index (Phi) is 4.70. The first-order chi connectivity index (χ1) is 9.38. The minimum Gasteiger partial charge on any atom is -0.399 e. The first-order valence-corrected chi connectivity index (χ1v) is 8.72. The molecule has 20 heavy (non-hydrogen) atoms. The number of sulfonamides is 1. The van der Waals surface area contributed by atoms with Crippen LogP contribution < -0.4 is 10.5 Å². The molecule has 1 aliphatic carbocycles. The largest absolute Gasteiger partial charge is 0.399 e. The molecule has 0 radical (unpaired) electrons. The molecule has 0 saturated heterocycles. The number of rotatable bonds is 4. The van der Waals surface area contributed by atoms with Crippen LogP contribution >= 0.6 is 0 Å². The van der Waals surface area contributed by atoms with Gasteiger partial charge in [-0.05, 0) is 55.4 Å². The second-order valence-corrected chi connectivity index (χ2v) is 7.78. The van der Waals surface area contributed by atoms with E-state index >= 15 is 0 Å². The van der Waals surface area contributed by atoms with Gasteiger partial charge in [-0.3, -0.25) is 0 Å². The summed E-state index contributed by atoms with van der Waals surface area (Å²) in [5.41, 5.74) is 7.13. The van der Waals surface area contributed by atoms with Gasteiger partial charge in [-0.25, -0.2) is 13.1 Å². The second-order valence-electron chi connectivity index (χ2n) is 6.01. The van der Waals surface area contributed by atoms with Crippen molar-refractivity contribution in [1.29, 1.82) is 0 Å². The number of hydrogen-bond donors (Lipinski definition) is 2. The van der Waals surface area contributed by atoms with Crippen molar-refractivity contribution in [3.05, 3.63) is 23.8 Å². The van der Waals surface area contributed by atoms with Crippen LogP contribution in [0.2, 0.25) is 0 Å². The van der Waals surface area contributed by atoms with E-state index in [9.17, 15) is 8.42 Å². The second kappa shape index (κ2) is 6.14. The minimum absolute atomic E-state index is 0.299. The van der Waals surface area contributed by atoms with Crippen LogP contribution in [0.3, 0.4) is 0 Å². The molecule has 1 fully saturated rings. The van der Waals surface area contributed by atoms with Crippen molar-refractivity contribution >= 4 is 15.7 Å². The van der Waals surface area contributed by atoms with Crippen LogP contribution in [-0.4, -0.2) is 15.0 Å². The predicted molar refractivity (Wildman–Crippen MR) is 81.9 cm³/mol. The summed E-state index contributed by atoms with van der Waals surface area (Å²) in [6, 6.07) is 4.84.